The van der Waals surface area contributed by atoms with Crippen molar-refractivity contribution < 1.29 is 8.42 Å². The van der Waals surface area contributed by atoms with Crippen molar-refractivity contribution in [3.05, 3.63) is 35.9 Å². The summed E-state index contributed by atoms with van der Waals surface area (Å²) in [6, 6.07) is 9.16. The van der Waals surface area contributed by atoms with Crippen molar-refractivity contribution in [1.82, 2.24) is 4.72 Å². The maximum atomic E-state index is 10.5. The van der Waals surface area contributed by atoms with Crippen molar-refractivity contribution in [3.63, 3.8) is 0 Å². The van der Waals surface area contributed by atoms with Gasteiger partial charge in [0.2, 0.25) is 0 Å². The Morgan fingerprint density at radius 2 is 1.77 bits per heavy atom. The van der Waals surface area contributed by atoms with Gasteiger partial charge in [-0.3, -0.25) is 0 Å². The molecule has 1 aromatic rings. The van der Waals surface area contributed by atoms with Gasteiger partial charge in [0.05, 0.1) is 0 Å². The van der Waals surface area contributed by atoms with Gasteiger partial charge in [-0.05, 0) is 5.56 Å². The zero-order valence-corrected chi connectivity index (χ0v) is 7.21. The van der Waals surface area contributed by atoms with E-state index < -0.39 is 10.2 Å². The van der Waals surface area contributed by atoms with Gasteiger partial charge in [0, 0.05) is 6.54 Å². The van der Waals surface area contributed by atoms with Gasteiger partial charge in [-0.15, -0.1) is 0 Å². The summed E-state index contributed by atoms with van der Waals surface area (Å²) in [6.07, 6.45) is 0. The van der Waals surface area contributed by atoms with Gasteiger partial charge < -0.3 is 0 Å². The molecule has 13 heavy (non-hydrogen) atoms. The van der Waals surface area contributed by atoms with Crippen LogP contribution in [0.15, 0.2) is 30.3 Å². The molecule has 0 bridgehead atoms. The summed E-state index contributed by atoms with van der Waals surface area (Å²) in [7, 11) is -3.57. The Morgan fingerprint density at radius 1 is 1.23 bits per heavy atom. The topological polar surface area (TPSA) is 72.2 Å². The Labute approximate surface area is 121 Å². The molecule has 0 atom stereocenters. The van der Waals surface area contributed by atoms with Crippen LogP contribution in [0, 0.1) is 0 Å². The summed E-state index contributed by atoms with van der Waals surface area (Å²) < 4.78 is 23.1. The van der Waals surface area contributed by atoms with Crippen LogP contribution in [-0.4, -0.2) is 59.8 Å². The first-order valence-corrected chi connectivity index (χ1v) is 4.94. The summed E-state index contributed by atoms with van der Waals surface area (Å²) in [4.78, 5) is 0. The van der Waals surface area contributed by atoms with E-state index in [0.29, 0.717) is 0 Å². The Kier molecular flexibility index (Phi) is 6.60. The number of benzene rings is 1. The SMILES string of the molecule is NS(=O)(=O)NCc1ccccc1.[KH]. The predicted molar refractivity (Wildman–Crippen MR) is 53.5 cm³/mol. The third-order valence-corrected chi connectivity index (χ3v) is 1.87. The van der Waals surface area contributed by atoms with E-state index in [-0.39, 0.29) is 57.9 Å². The molecule has 0 saturated heterocycles. The fraction of sp³-hybridized carbons (Fsp3) is 0.143. The van der Waals surface area contributed by atoms with E-state index in [1.165, 1.54) is 0 Å². The van der Waals surface area contributed by atoms with Gasteiger partial charge >= 0.3 is 51.4 Å². The summed E-state index contributed by atoms with van der Waals surface area (Å²) >= 11 is 0. The maximum absolute atomic E-state index is 10.5. The average Bonchev–Trinajstić information content (AvgIpc) is 2.02. The second-order valence-electron chi connectivity index (χ2n) is 2.35. The second kappa shape index (κ2) is 6.26. The van der Waals surface area contributed by atoms with E-state index in [1.807, 2.05) is 30.3 Å². The van der Waals surface area contributed by atoms with Crippen LogP contribution in [-0.2, 0) is 16.8 Å². The molecule has 0 fully saturated rings. The van der Waals surface area contributed by atoms with Crippen molar-refractivity contribution in [3.8, 4) is 0 Å². The van der Waals surface area contributed by atoms with Gasteiger partial charge in [0.15, 0.2) is 0 Å². The fourth-order valence-electron chi connectivity index (χ4n) is 0.780. The monoisotopic (exact) mass is 226 g/mol. The molecule has 0 aliphatic rings. The van der Waals surface area contributed by atoms with Crippen LogP contribution < -0.4 is 9.86 Å². The predicted octanol–water partition coefficient (Wildman–Crippen LogP) is -0.669. The van der Waals surface area contributed by atoms with Crippen LogP contribution in [0.5, 0.6) is 0 Å². The van der Waals surface area contributed by atoms with Crippen LogP contribution in [0.2, 0.25) is 0 Å². The number of nitrogens with two attached hydrogens (primary N) is 1. The number of hydrogen-bond donors (Lipinski definition) is 2. The van der Waals surface area contributed by atoms with E-state index >= 15 is 0 Å². The Balaban J connectivity index is 0.00000144. The van der Waals surface area contributed by atoms with Crippen LogP contribution in [0.1, 0.15) is 5.56 Å². The van der Waals surface area contributed by atoms with Crippen molar-refractivity contribution >= 4 is 61.6 Å². The van der Waals surface area contributed by atoms with Gasteiger partial charge in [-0.1, -0.05) is 30.3 Å². The fourth-order valence-corrected chi connectivity index (χ4v) is 1.15. The molecule has 1 aromatic carbocycles. The molecule has 0 spiro atoms. The van der Waals surface area contributed by atoms with E-state index in [2.05, 4.69) is 4.72 Å². The Morgan fingerprint density at radius 3 is 2.23 bits per heavy atom. The van der Waals surface area contributed by atoms with Crippen molar-refractivity contribution in [1.29, 1.82) is 0 Å². The van der Waals surface area contributed by atoms with E-state index in [0.717, 1.165) is 5.56 Å². The molecule has 0 aromatic heterocycles. The molecule has 0 aliphatic carbocycles. The molecule has 0 unspecified atom stereocenters. The van der Waals surface area contributed by atoms with Crippen LogP contribution in [0.25, 0.3) is 0 Å². The Bertz CT molecular complexity index is 339. The minimum absolute atomic E-state index is 0. The summed E-state index contributed by atoms with van der Waals surface area (Å²) in [5, 5.41) is 4.74. The van der Waals surface area contributed by atoms with Gasteiger partial charge in [-0.25, -0.2) is 5.14 Å². The van der Waals surface area contributed by atoms with Crippen molar-refractivity contribution in [2.24, 2.45) is 5.14 Å². The van der Waals surface area contributed by atoms with E-state index in [9.17, 15) is 8.42 Å². The average molecular weight is 226 g/mol. The van der Waals surface area contributed by atoms with Gasteiger partial charge in [-0.2, -0.15) is 13.1 Å². The standard InChI is InChI=1S/C7H10N2O2S.K.H/c8-12(10,11)9-6-7-4-2-1-3-5-7;;/h1-5,9H,6H2,(H2,8,10,11);;. The molecular weight excluding hydrogens is 215 g/mol. The summed E-state index contributed by atoms with van der Waals surface area (Å²) in [5.74, 6) is 0. The van der Waals surface area contributed by atoms with Crippen LogP contribution in [0.4, 0.5) is 0 Å². The molecule has 1 rings (SSSR count). The zero-order valence-electron chi connectivity index (χ0n) is 6.40. The van der Waals surface area contributed by atoms with Crippen molar-refractivity contribution in [2.45, 2.75) is 6.54 Å². The van der Waals surface area contributed by atoms with Gasteiger partial charge in [0.25, 0.3) is 10.2 Å². The second-order valence-corrected chi connectivity index (χ2v) is 3.73. The first kappa shape index (κ1) is 13.7. The molecule has 0 aliphatic heterocycles. The molecule has 3 N–H and O–H groups in total. The number of hydrogen-bond acceptors (Lipinski definition) is 2. The van der Waals surface area contributed by atoms with E-state index in [1.54, 1.807) is 0 Å². The summed E-state index contributed by atoms with van der Waals surface area (Å²) in [6.45, 7) is 0.236. The number of nitrogens with one attached hydrogen (secondary N) is 1. The molecule has 4 nitrogen and oxygen atoms in total. The first-order valence-electron chi connectivity index (χ1n) is 3.39. The molecule has 0 radical (unpaired) electrons. The van der Waals surface area contributed by atoms with E-state index in [4.69, 9.17) is 5.14 Å². The minimum atomic E-state index is -3.57. The van der Waals surface area contributed by atoms with Crippen LogP contribution >= 0.6 is 0 Å². The molecular formula is C7H11KN2O2S. The van der Waals surface area contributed by atoms with Crippen LogP contribution in [0.3, 0.4) is 0 Å². The Hall–Kier alpha value is 0.726. The molecule has 6 heteroatoms. The quantitative estimate of drug-likeness (QED) is 0.671. The van der Waals surface area contributed by atoms with Gasteiger partial charge in [0.1, 0.15) is 0 Å². The van der Waals surface area contributed by atoms with Crippen molar-refractivity contribution in [2.75, 3.05) is 0 Å². The third-order valence-electron chi connectivity index (χ3n) is 1.32. The molecule has 0 heterocycles. The first-order chi connectivity index (χ1) is 5.58. The normalized spacial score (nSPS) is 10.5. The third kappa shape index (κ3) is 6.75. The molecule has 0 saturated carbocycles. The molecule has 68 valence electrons. The molecule has 0 amide bonds. The zero-order chi connectivity index (χ0) is 9.03. The number of rotatable bonds is 3. The summed E-state index contributed by atoms with van der Waals surface area (Å²) in [5.41, 5.74) is 0.881.